The van der Waals surface area contributed by atoms with Gasteiger partial charge in [0.05, 0.1) is 17.3 Å². The number of aromatic nitrogens is 12. The molecule has 118 heavy (non-hydrogen) atoms. The van der Waals surface area contributed by atoms with Crippen molar-refractivity contribution in [3.8, 4) is 0 Å². The van der Waals surface area contributed by atoms with E-state index in [0.717, 1.165) is 204 Å². The average Bonchev–Trinajstić information content (AvgIpc) is 1.56. The first-order valence-electron chi connectivity index (χ1n) is 44.4. The van der Waals surface area contributed by atoms with Gasteiger partial charge in [-0.05, 0) is 180 Å². The van der Waals surface area contributed by atoms with Crippen molar-refractivity contribution in [1.82, 2.24) is 98.4 Å². The van der Waals surface area contributed by atoms with Gasteiger partial charge in [-0.15, -0.1) is 0 Å². The third-order valence-corrected chi connectivity index (χ3v) is 27.4. The highest BCUT2D eigenvalue weighted by atomic mass is 32.2. The summed E-state index contributed by atoms with van der Waals surface area (Å²) < 4.78 is 39.7. The fourth-order valence-electron chi connectivity index (χ4n) is 20.3. The number of amides is 4. The summed E-state index contributed by atoms with van der Waals surface area (Å²) in [5.41, 5.74) is 6.28. The number of anilines is 4. The molecule has 7 fully saturated rings. The van der Waals surface area contributed by atoms with E-state index in [-0.39, 0.29) is 46.8 Å². The van der Waals surface area contributed by atoms with Gasteiger partial charge < -0.3 is 79.8 Å². The molecule has 642 valence electrons. The van der Waals surface area contributed by atoms with Gasteiger partial charge in [0, 0.05) is 181 Å². The highest BCUT2D eigenvalue weighted by Crippen LogP contribution is 2.45. The van der Waals surface area contributed by atoms with E-state index < -0.39 is 10.0 Å². The van der Waals surface area contributed by atoms with Gasteiger partial charge in [0.15, 0.2) is 0 Å². The number of nitrogens with one attached hydrogen (secondary N) is 8. The second-order valence-corrected chi connectivity index (χ2v) is 36.4. The van der Waals surface area contributed by atoms with Crippen LogP contribution in [0.5, 0.6) is 0 Å². The number of carbonyl (C=O) groups is 4. The van der Waals surface area contributed by atoms with E-state index in [0.29, 0.717) is 84.0 Å². The first-order chi connectivity index (χ1) is 57.2. The second-order valence-electron chi connectivity index (χ2n) is 34.6. The van der Waals surface area contributed by atoms with Crippen molar-refractivity contribution in [1.29, 1.82) is 0 Å². The summed E-state index contributed by atoms with van der Waals surface area (Å²) in [6, 6.07) is 11.7. The molecule has 0 bridgehead atoms. The van der Waals surface area contributed by atoms with Crippen molar-refractivity contribution in [3.63, 3.8) is 0 Å². The standard InChI is InChI=1S/C22H32N6O3S.C22H32N6O.C21H30N6O2.C17H24N6O.2C2H6/c1-27-14-22(10-4-3-5-11-22)28-18(20(27)29)12-15-13-23-21(25-19(15)28)24-16-6-8-17(9-7-16)26-32(2,30)31;1-23-16-6-8-17(9-7-16)25-21-24-13-15-12-18-20(29)27(2)14-22(10-4-3-5-11-22)28(18)19(15)26-21;1-26-8-9-27-18(20(26)28)12-14-13-22-21(25-19(14)27)24-16-4-2-15(3-5-16)23-17-6-10-29-11-7-17;1-18-12-3-5-13(6-4-12)20-17-19-10-11-9-14-16(24)22(2)7-8-23(14)15(11)21-17;2*1-2/h12-13,16-17,26H,3-11,14H2,1-2H3,(H,23,24,25);12-13,16-17,23H,3-11,14H2,1-2H3,(H,24,25,26);12-13,15-17,23H,2-11H2,1H3,(H,22,24,25);9-10,12-13,18H,3-8H2,1-2H3,(H,19,20,21);2*1-2H3. The molecule has 0 unspecified atom stereocenters. The first-order valence-corrected chi connectivity index (χ1v) is 46.3. The minimum Gasteiger partial charge on any atom is -0.381 e. The van der Waals surface area contributed by atoms with Gasteiger partial charge in [0.2, 0.25) is 33.8 Å². The van der Waals surface area contributed by atoms with Crippen molar-refractivity contribution >= 4 is 102 Å². The maximum atomic E-state index is 12.9. The van der Waals surface area contributed by atoms with Crippen LogP contribution in [0.15, 0.2) is 49.1 Å². The minimum atomic E-state index is -3.18. The third kappa shape index (κ3) is 19.1. The van der Waals surface area contributed by atoms with Crippen LogP contribution < -0.4 is 41.9 Å². The molecule has 1 saturated heterocycles. The number of rotatable bonds is 14. The number of carbonyl (C=O) groups excluding carboxylic acids is 4. The highest BCUT2D eigenvalue weighted by molar-refractivity contribution is 7.88. The minimum absolute atomic E-state index is 0.00161. The average molecular weight is 1640 g/mol. The van der Waals surface area contributed by atoms with Crippen LogP contribution in [-0.4, -0.2) is 252 Å². The fraction of sp³-hybridized carbons (Fsp3) is 0.674. The lowest BCUT2D eigenvalue weighted by atomic mass is 9.79. The van der Waals surface area contributed by atoms with E-state index in [4.69, 9.17) is 24.7 Å². The van der Waals surface area contributed by atoms with Crippen molar-refractivity contribution in [2.75, 3.05) is 109 Å². The monoisotopic (exact) mass is 1640 g/mol. The van der Waals surface area contributed by atoms with Crippen LogP contribution in [0.3, 0.4) is 0 Å². The molecule has 31 nitrogen and oxygen atoms in total. The van der Waals surface area contributed by atoms with E-state index in [1.54, 1.807) is 9.80 Å². The smallest absolute Gasteiger partial charge is 0.270 e. The van der Waals surface area contributed by atoms with Gasteiger partial charge in [0.25, 0.3) is 23.6 Å². The summed E-state index contributed by atoms with van der Waals surface area (Å²) in [5, 5.41) is 28.3. The quantitative estimate of drug-likeness (QED) is 0.0501. The Hall–Kier alpha value is -8.69. The Kier molecular flexibility index (Phi) is 27.6. The molecule has 8 aromatic rings. The third-order valence-electron chi connectivity index (χ3n) is 26.6. The molecule has 2 spiro atoms. The van der Waals surface area contributed by atoms with E-state index in [2.05, 4.69) is 71.0 Å². The van der Waals surface area contributed by atoms with Crippen LogP contribution in [0.4, 0.5) is 23.8 Å². The summed E-state index contributed by atoms with van der Waals surface area (Å²) in [7, 11) is 8.41. The van der Waals surface area contributed by atoms with Crippen molar-refractivity contribution in [3.05, 3.63) is 71.8 Å². The molecule has 11 aliphatic rings. The molecule has 8 aromatic heterocycles. The van der Waals surface area contributed by atoms with E-state index >= 15 is 0 Å². The number of likely N-dealkylation sites (N-methyl/N-ethyl adjacent to an activating group) is 4. The van der Waals surface area contributed by atoms with Crippen LogP contribution in [0, 0.1) is 0 Å². The molecule has 8 N–H and O–H groups in total. The normalized spacial score (nSPS) is 25.0. The zero-order valence-corrected chi connectivity index (χ0v) is 72.5. The number of fused-ring (bicyclic) bond motifs is 14. The van der Waals surface area contributed by atoms with E-state index in [1.807, 2.05) is 138 Å². The van der Waals surface area contributed by atoms with Crippen LogP contribution in [0.2, 0.25) is 0 Å². The Balaban J connectivity index is 0.000000128. The summed E-state index contributed by atoms with van der Waals surface area (Å²) in [6.45, 7) is 14.3. The van der Waals surface area contributed by atoms with Gasteiger partial charge >= 0.3 is 0 Å². The molecular weight excluding hydrogens is 1510 g/mol. The summed E-state index contributed by atoms with van der Waals surface area (Å²) in [6.07, 6.45) is 39.6. The number of hydrogen-bond donors (Lipinski definition) is 8. The Morgan fingerprint density at radius 2 is 0.669 bits per heavy atom. The molecule has 0 radical (unpaired) electrons. The lowest BCUT2D eigenvalue weighted by Crippen LogP contribution is -2.53. The predicted octanol–water partition coefficient (Wildman–Crippen LogP) is 11.1. The molecule has 32 heteroatoms. The van der Waals surface area contributed by atoms with Crippen molar-refractivity contribution in [2.24, 2.45) is 0 Å². The number of nitrogens with zero attached hydrogens (tertiary/aromatic N) is 16. The maximum Gasteiger partial charge on any atom is 0.270 e. The SMILES string of the molecule is CC.CC.CN1CC2(CCCCC2)n2c(cc3cnc(NC4CCC(NS(C)(=O)=O)CC4)nc32)C1=O.CN1CCn2c(cc3cnc(NC4CCC(NC5CCOCC5)CC4)nc32)C1=O.CNC1CCC(Nc2ncc3cc4n(c3n2)C2(CCCCC2)CN(C)C4=O)CC1.CNC1CCC(Nc2ncc3cc4n(c3n2)CCN(C)C4=O)CC1. The highest BCUT2D eigenvalue weighted by Gasteiger charge is 2.46. The number of hydrogen-bond acceptors (Lipinski definition) is 22. The first kappa shape index (κ1) is 85.7. The van der Waals surface area contributed by atoms with Gasteiger partial charge in [0.1, 0.15) is 45.4 Å². The second kappa shape index (κ2) is 37.9. The molecular formula is C86H130N24O7S. The zero-order valence-electron chi connectivity index (χ0n) is 71.7. The predicted molar refractivity (Wildman–Crippen MR) is 465 cm³/mol. The molecule has 6 saturated carbocycles. The lowest BCUT2D eigenvalue weighted by Gasteiger charge is -2.45. The maximum absolute atomic E-state index is 12.9. The Morgan fingerprint density at radius 3 is 1.02 bits per heavy atom. The molecule has 5 aliphatic heterocycles. The van der Waals surface area contributed by atoms with Crippen LogP contribution in [0.25, 0.3) is 44.1 Å². The molecule has 4 amide bonds. The van der Waals surface area contributed by atoms with Gasteiger partial charge in [-0.2, -0.15) is 19.9 Å². The van der Waals surface area contributed by atoms with Gasteiger partial charge in [-0.25, -0.2) is 33.1 Å². The largest absolute Gasteiger partial charge is 0.381 e. The zero-order chi connectivity index (χ0) is 83.0. The molecule has 13 heterocycles. The van der Waals surface area contributed by atoms with E-state index in [1.165, 1.54) is 83.3 Å². The topological polar surface area (TPSA) is 344 Å². The summed E-state index contributed by atoms with van der Waals surface area (Å²) in [5.74, 6) is 2.87. The van der Waals surface area contributed by atoms with Crippen LogP contribution in [0.1, 0.15) is 249 Å². The number of ether oxygens (including phenoxy) is 1. The van der Waals surface area contributed by atoms with Crippen molar-refractivity contribution < 1.29 is 32.3 Å². The fourth-order valence-corrected chi connectivity index (χ4v) is 21.1. The Morgan fingerprint density at radius 1 is 0.373 bits per heavy atom. The lowest BCUT2D eigenvalue weighted by molar-refractivity contribution is 0.0539. The van der Waals surface area contributed by atoms with Crippen LogP contribution in [-0.2, 0) is 38.9 Å². The van der Waals surface area contributed by atoms with Gasteiger partial charge in [-0.1, -0.05) is 66.2 Å². The van der Waals surface area contributed by atoms with Crippen LogP contribution >= 0.6 is 0 Å². The number of sulfonamides is 1. The Bertz CT molecular complexity index is 4890. The van der Waals surface area contributed by atoms with Crippen molar-refractivity contribution in [2.45, 2.75) is 286 Å². The summed E-state index contributed by atoms with van der Waals surface area (Å²) >= 11 is 0. The van der Waals surface area contributed by atoms with E-state index in [9.17, 15) is 27.6 Å². The van der Waals surface area contributed by atoms with Gasteiger partial charge in [-0.3, -0.25) is 19.2 Å². The molecule has 6 aliphatic carbocycles. The Labute approximate surface area is 695 Å². The molecule has 0 aromatic carbocycles. The molecule has 19 rings (SSSR count). The summed E-state index contributed by atoms with van der Waals surface area (Å²) in [4.78, 5) is 95.1. The molecule has 0 atom stereocenters.